The number of hydrogen-bond acceptors (Lipinski definition) is 6. The van der Waals surface area contributed by atoms with Crippen molar-refractivity contribution in [3.63, 3.8) is 0 Å². The number of carboxylic acids is 1. The summed E-state index contributed by atoms with van der Waals surface area (Å²) in [7, 11) is 1.61. The van der Waals surface area contributed by atoms with Gasteiger partial charge in [0.25, 0.3) is 0 Å². The highest BCUT2D eigenvalue weighted by Crippen LogP contribution is 2.41. The van der Waals surface area contributed by atoms with E-state index in [2.05, 4.69) is 17.2 Å². The second-order valence-corrected chi connectivity index (χ2v) is 9.73. The van der Waals surface area contributed by atoms with E-state index in [4.69, 9.17) is 9.47 Å². The van der Waals surface area contributed by atoms with E-state index in [1.165, 1.54) is 0 Å². The van der Waals surface area contributed by atoms with Crippen LogP contribution in [0.2, 0.25) is 0 Å². The normalized spacial score (nSPS) is 17.9. The minimum Gasteiger partial charge on any atom is -0.497 e. The van der Waals surface area contributed by atoms with Gasteiger partial charge in [0, 0.05) is 23.0 Å². The molecular weight excluding hydrogens is 482 g/mol. The zero-order valence-electron chi connectivity index (χ0n) is 22.4. The average Bonchev–Trinajstić information content (AvgIpc) is 3.01. The van der Waals surface area contributed by atoms with Crippen molar-refractivity contribution in [3.05, 3.63) is 83.0 Å². The average molecular weight is 518 g/mol. The molecule has 2 N–H and O–H groups in total. The van der Waals surface area contributed by atoms with Crippen LogP contribution < -0.4 is 19.7 Å². The van der Waals surface area contributed by atoms with Crippen molar-refractivity contribution in [2.24, 2.45) is 0 Å². The smallest absolute Gasteiger partial charge is 0.347 e. The molecule has 2 atom stereocenters. The number of para-hydroxylation sites is 1. The number of aliphatic carboxylic acids is 1. The number of benzene rings is 2. The summed E-state index contributed by atoms with van der Waals surface area (Å²) >= 11 is 0. The van der Waals surface area contributed by atoms with Crippen LogP contribution in [-0.2, 0) is 21.7 Å². The molecule has 0 aliphatic carbocycles. The molecule has 2 heterocycles. The van der Waals surface area contributed by atoms with Crippen molar-refractivity contribution in [2.75, 3.05) is 18.6 Å². The topological polar surface area (TPSA) is 101 Å². The lowest BCUT2D eigenvalue weighted by Crippen LogP contribution is -2.58. The Bertz CT molecular complexity index is 1270. The summed E-state index contributed by atoms with van der Waals surface area (Å²) in [5, 5.41) is 13.9. The Hall–Kier alpha value is -3.91. The Kier molecular flexibility index (Phi) is 8.32. The van der Waals surface area contributed by atoms with Crippen molar-refractivity contribution in [1.29, 1.82) is 0 Å². The number of anilines is 1. The fourth-order valence-corrected chi connectivity index (χ4v) is 5.12. The third-order valence-electron chi connectivity index (χ3n) is 6.94. The van der Waals surface area contributed by atoms with Gasteiger partial charge in [-0.2, -0.15) is 0 Å². The molecule has 1 aliphatic rings. The van der Waals surface area contributed by atoms with Gasteiger partial charge in [0.15, 0.2) is 0 Å². The summed E-state index contributed by atoms with van der Waals surface area (Å²) in [6.07, 6.45) is 0.731. The summed E-state index contributed by atoms with van der Waals surface area (Å²) in [4.78, 5) is 32.6. The van der Waals surface area contributed by atoms with Crippen molar-refractivity contribution in [2.45, 2.75) is 58.2 Å². The van der Waals surface area contributed by atoms with E-state index in [0.29, 0.717) is 24.2 Å². The number of carbonyl (C=O) groups is 2. The van der Waals surface area contributed by atoms with Crippen LogP contribution in [0.25, 0.3) is 0 Å². The Morgan fingerprint density at radius 2 is 1.89 bits per heavy atom. The van der Waals surface area contributed by atoms with E-state index in [9.17, 15) is 14.7 Å². The Labute approximate surface area is 223 Å². The number of pyridine rings is 1. The predicted molar refractivity (Wildman–Crippen MR) is 146 cm³/mol. The van der Waals surface area contributed by atoms with E-state index in [1.54, 1.807) is 18.1 Å². The summed E-state index contributed by atoms with van der Waals surface area (Å²) < 4.78 is 11.5. The van der Waals surface area contributed by atoms with Gasteiger partial charge in [-0.1, -0.05) is 50.1 Å². The van der Waals surface area contributed by atoms with Gasteiger partial charge in [-0.15, -0.1) is 0 Å². The molecule has 2 aromatic carbocycles. The van der Waals surface area contributed by atoms with Crippen LogP contribution in [0.4, 0.5) is 5.69 Å². The number of carbonyl (C=O) groups excluding carboxylic acids is 1. The molecule has 3 aromatic rings. The molecule has 4 rings (SSSR count). The molecule has 0 spiro atoms. The fraction of sp³-hybridized carbons (Fsp3) is 0.367. The van der Waals surface area contributed by atoms with Gasteiger partial charge in [0.05, 0.1) is 25.7 Å². The maximum absolute atomic E-state index is 13.5. The van der Waals surface area contributed by atoms with Crippen LogP contribution >= 0.6 is 0 Å². The highest BCUT2D eigenvalue weighted by Gasteiger charge is 2.50. The lowest BCUT2D eigenvalue weighted by molar-refractivity contribution is -0.150. The zero-order valence-corrected chi connectivity index (χ0v) is 22.4. The molecule has 8 nitrogen and oxygen atoms in total. The van der Waals surface area contributed by atoms with E-state index < -0.39 is 17.6 Å². The standard InChI is InChI=1S/C30H35N3O5/c1-5-6-15-30(28(29(35)36)38-26-17-20(2)16-21(3)32-26)24-9-7-8-10-25(24)33(27(34)18-31-30)19-22-11-13-23(37-4)14-12-22/h7-14,16-17,28,31H,5-6,15,18-19H2,1-4H3,(H,35,36)/t28-,30+/m1/s1. The minimum atomic E-state index is -1.32. The quantitative estimate of drug-likeness (QED) is 0.400. The summed E-state index contributed by atoms with van der Waals surface area (Å²) in [5.74, 6) is -0.297. The zero-order chi connectivity index (χ0) is 27.3. The molecule has 200 valence electrons. The van der Waals surface area contributed by atoms with Crippen LogP contribution in [0.3, 0.4) is 0 Å². The first-order chi connectivity index (χ1) is 18.3. The van der Waals surface area contributed by atoms with Crippen LogP contribution in [0, 0.1) is 13.8 Å². The van der Waals surface area contributed by atoms with Crippen LogP contribution in [0.1, 0.15) is 48.6 Å². The second-order valence-electron chi connectivity index (χ2n) is 9.73. The third-order valence-corrected chi connectivity index (χ3v) is 6.94. The molecule has 0 radical (unpaired) electrons. The first-order valence-corrected chi connectivity index (χ1v) is 12.9. The summed E-state index contributed by atoms with van der Waals surface area (Å²) in [6.45, 7) is 6.11. The van der Waals surface area contributed by atoms with Crippen molar-refractivity contribution in [1.82, 2.24) is 10.3 Å². The minimum absolute atomic E-state index is 0.0397. The molecule has 0 saturated heterocycles. The Morgan fingerprint density at radius 1 is 1.16 bits per heavy atom. The van der Waals surface area contributed by atoms with E-state index >= 15 is 0 Å². The molecule has 0 fully saturated rings. The first-order valence-electron chi connectivity index (χ1n) is 12.9. The molecular formula is C30H35N3O5. The number of aryl methyl sites for hydroxylation is 2. The number of rotatable bonds is 10. The van der Waals surface area contributed by atoms with Gasteiger partial charge in [-0.05, 0) is 55.7 Å². The van der Waals surface area contributed by atoms with Gasteiger partial charge in [0.2, 0.25) is 17.9 Å². The van der Waals surface area contributed by atoms with Gasteiger partial charge >= 0.3 is 5.97 Å². The lowest BCUT2D eigenvalue weighted by atomic mass is 9.79. The lowest BCUT2D eigenvalue weighted by Gasteiger charge is -2.39. The number of methoxy groups -OCH3 is 1. The number of carboxylic acid groups (broad SMARTS) is 1. The molecule has 0 unspecified atom stereocenters. The molecule has 1 aliphatic heterocycles. The van der Waals surface area contributed by atoms with Crippen molar-refractivity contribution in [3.8, 4) is 11.6 Å². The number of nitrogens with one attached hydrogen (secondary N) is 1. The van der Waals surface area contributed by atoms with E-state index in [-0.39, 0.29) is 18.3 Å². The SMILES string of the molecule is CCCC[C@]1([C@H](Oc2cc(C)cc(C)n2)C(=O)O)NCC(=O)N(Cc2ccc(OC)cc2)c2ccccc21. The summed E-state index contributed by atoms with van der Waals surface area (Å²) in [5.41, 5.74) is 2.81. The van der Waals surface area contributed by atoms with Gasteiger partial charge in [-0.3, -0.25) is 10.1 Å². The molecule has 8 heteroatoms. The third kappa shape index (κ3) is 5.65. The highest BCUT2D eigenvalue weighted by atomic mass is 16.5. The number of hydrogen-bond donors (Lipinski definition) is 2. The van der Waals surface area contributed by atoms with E-state index in [0.717, 1.165) is 35.4 Å². The first kappa shape index (κ1) is 27.1. The number of unbranched alkanes of at least 4 members (excludes halogenated alkanes) is 1. The van der Waals surface area contributed by atoms with Crippen LogP contribution in [-0.4, -0.2) is 41.7 Å². The number of nitrogens with zero attached hydrogens (tertiary/aromatic N) is 2. The maximum atomic E-state index is 13.5. The number of fused-ring (bicyclic) bond motifs is 1. The van der Waals surface area contributed by atoms with Crippen LogP contribution in [0.5, 0.6) is 11.6 Å². The second kappa shape index (κ2) is 11.6. The highest BCUT2D eigenvalue weighted by molar-refractivity contribution is 5.97. The molecule has 0 bridgehead atoms. The number of amides is 1. The Morgan fingerprint density at radius 3 is 2.55 bits per heavy atom. The van der Waals surface area contributed by atoms with Gasteiger partial charge in [0.1, 0.15) is 5.75 Å². The van der Waals surface area contributed by atoms with Crippen molar-refractivity contribution >= 4 is 17.6 Å². The maximum Gasteiger partial charge on any atom is 0.347 e. The van der Waals surface area contributed by atoms with Gasteiger partial charge in [-0.25, -0.2) is 9.78 Å². The molecule has 1 amide bonds. The molecule has 1 aromatic heterocycles. The summed E-state index contributed by atoms with van der Waals surface area (Å²) in [6, 6.07) is 18.7. The Balaban J connectivity index is 1.82. The monoisotopic (exact) mass is 517 g/mol. The molecule has 0 saturated carbocycles. The fourth-order valence-electron chi connectivity index (χ4n) is 5.12. The van der Waals surface area contributed by atoms with Gasteiger partial charge < -0.3 is 19.5 Å². The van der Waals surface area contributed by atoms with Crippen LogP contribution in [0.15, 0.2) is 60.7 Å². The van der Waals surface area contributed by atoms with Crippen molar-refractivity contribution < 1.29 is 24.2 Å². The number of aromatic nitrogens is 1. The largest absolute Gasteiger partial charge is 0.497 e. The molecule has 38 heavy (non-hydrogen) atoms. The van der Waals surface area contributed by atoms with E-state index in [1.807, 2.05) is 68.4 Å². The predicted octanol–water partition coefficient (Wildman–Crippen LogP) is 4.76. The number of ether oxygens (including phenoxy) is 2.